The molecule has 11 nitrogen and oxygen atoms in total. The van der Waals surface area contributed by atoms with Crippen molar-refractivity contribution in [2.24, 2.45) is 0 Å². The molecule has 0 bridgehead atoms. The molecular weight excluding hydrogens is 466 g/mol. The molecule has 1 fully saturated rings. The first-order chi connectivity index (χ1) is 16.2. The average molecular weight is 500 g/mol. The van der Waals surface area contributed by atoms with Crippen molar-refractivity contribution in [3.63, 3.8) is 0 Å². The fraction of sp³-hybridized carbons (Fsp3) is 0.636. The van der Waals surface area contributed by atoms with Gasteiger partial charge < -0.3 is 15.3 Å². The van der Waals surface area contributed by atoms with Gasteiger partial charge in [-0.3, -0.25) is 34.0 Å². The number of hydrogen-bond donors (Lipinski definition) is 3. The van der Waals surface area contributed by atoms with Crippen LogP contribution in [0.15, 0.2) is 18.2 Å². The van der Waals surface area contributed by atoms with Gasteiger partial charge >= 0.3 is 17.9 Å². The van der Waals surface area contributed by atoms with E-state index in [1.165, 1.54) is 0 Å². The number of nitrogens with zero attached hydrogens (tertiary/aromatic N) is 5. The molecule has 2 rings (SSSR count). The summed E-state index contributed by atoms with van der Waals surface area (Å²) >= 11 is 6.03. The van der Waals surface area contributed by atoms with Crippen LogP contribution in [-0.4, -0.2) is 130 Å². The first-order valence-corrected chi connectivity index (χ1v) is 11.8. The number of pyridine rings is 1. The number of carbonyl (C=O) groups is 3. The van der Waals surface area contributed by atoms with Gasteiger partial charge in [0.2, 0.25) is 0 Å². The number of rotatable bonds is 8. The summed E-state index contributed by atoms with van der Waals surface area (Å²) in [7, 11) is 0. The van der Waals surface area contributed by atoms with E-state index in [1.807, 2.05) is 21.9 Å². The first kappa shape index (κ1) is 27.9. The van der Waals surface area contributed by atoms with Crippen molar-refractivity contribution in [1.29, 1.82) is 0 Å². The highest BCUT2D eigenvalue weighted by Crippen LogP contribution is 2.10. The van der Waals surface area contributed by atoms with Crippen LogP contribution in [0.25, 0.3) is 0 Å². The summed E-state index contributed by atoms with van der Waals surface area (Å²) in [6.45, 7) is 4.44. The molecule has 0 unspecified atom stereocenters. The van der Waals surface area contributed by atoms with Crippen molar-refractivity contribution < 1.29 is 29.7 Å². The van der Waals surface area contributed by atoms with Crippen molar-refractivity contribution in [2.45, 2.75) is 19.4 Å². The van der Waals surface area contributed by atoms with Gasteiger partial charge in [-0.1, -0.05) is 17.7 Å². The lowest BCUT2D eigenvalue weighted by Crippen LogP contribution is -2.44. The van der Waals surface area contributed by atoms with E-state index in [0.29, 0.717) is 76.9 Å². The third-order valence-electron chi connectivity index (χ3n) is 5.60. The quantitative estimate of drug-likeness (QED) is 0.431. The highest BCUT2D eigenvalue weighted by atomic mass is 35.5. The Bertz CT molecular complexity index is 814. The van der Waals surface area contributed by atoms with Crippen molar-refractivity contribution >= 4 is 29.5 Å². The van der Waals surface area contributed by atoms with E-state index in [1.54, 1.807) is 11.0 Å². The highest BCUT2D eigenvalue weighted by molar-refractivity contribution is 6.29. The minimum absolute atomic E-state index is 0.0887. The molecule has 1 aromatic heterocycles. The van der Waals surface area contributed by atoms with E-state index in [9.17, 15) is 29.7 Å². The van der Waals surface area contributed by atoms with Crippen LogP contribution < -0.4 is 0 Å². The lowest BCUT2D eigenvalue weighted by molar-refractivity contribution is -0.140. The standard InChI is InChI=1S/C22H34ClN5O6/c23-19-5-1-4-18(24-19)14-25-6-2-7-27(16-21(31)32)12-13-28(17-22(33)34)9-3-8-26(11-10-25)15-20(29)30/h1,4-5H,2-3,6-17H2,(H,29,30)(H,31,32)(H,33,34). The fourth-order valence-electron chi connectivity index (χ4n) is 4.02. The second-order valence-electron chi connectivity index (χ2n) is 8.44. The molecule has 1 saturated heterocycles. The number of aliphatic carboxylic acids is 3. The fourth-order valence-corrected chi connectivity index (χ4v) is 4.20. The van der Waals surface area contributed by atoms with Crippen molar-refractivity contribution in [3.05, 3.63) is 29.0 Å². The molecule has 0 aliphatic carbocycles. The topological polar surface area (TPSA) is 138 Å². The van der Waals surface area contributed by atoms with Crippen molar-refractivity contribution in [1.82, 2.24) is 24.6 Å². The van der Waals surface area contributed by atoms with Crippen LogP contribution in [0.4, 0.5) is 0 Å². The van der Waals surface area contributed by atoms with Crippen LogP contribution in [0.2, 0.25) is 5.15 Å². The third-order valence-corrected chi connectivity index (χ3v) is 5.81. The third kappa shape index (κ3) is 11.7. The Balaban J connectivity index is 2.13. The lowest BCUT2D eigenvalue weighted by atomic mass is 10.2. The van der Waals surface area contributed by atoms with E-state index >= 15 is 0 Å². The Morgan fingerprint density at radius 2 is 1.12 bits per heavy atom. The number of carboxylic acid groups (broad SMARTS) is 3. The molecule has 3 N–H and O–H groups in total. The van der Waals surface area contributed by atoms with Crippen LogP contribution in [0.1, 0.15) is 18.5 Å². The zero-order valence-corrected chi connectivity index (χ0v) is 20.1. The Kier molecular flexibility index (Phi) is 12.2. The molecule has 0 amide bonds. The van der Waals surface area contributed by atoms with Gasteiger partial charge in [-0.2, -0.15) is 0 Å². The molecule has 1 aliphatic heterocycles. The Labute approximate surface area is 204 Å². The summed E-state index contributed by atoms with van der Waals surface area (Å²) in [4.78, 5) is 46.0. The van der Waals surface area contributed by atoms with E-state index in [4.69, 9.17) is 11.6 Å². The normalized spacial score (nSPS) is 18.9. The van der Waals surface area contributed by atoms with Gasteiger partial charge in [-0.15, -0.1) is 0 Å². The monoisotopic (exact) mass is 499 g/mol. The zero-order chi connectivity index (χ0) is 24.9. The first-order valence-electron chi connectivity index (χ1n) is 11.4. The summed E-state index contributed by atoms with van der Waals surface area (Å²) in [5.41, 5.74) is 0.810. The van der Waals surface area contributed by atoms with E-state index in [-0.39, 0.29) is 19.6 Å². The SMILES string of the molecule is O=C(O)CN1CCCN(CC(=O)O)CCN(Cc2cccc(Cl)n2)CCCN(CC(=O)O)CC1. The van der Waals surface area contributed by atoms with Gasteiger partial charge in [0, 0.05) is 52.4 Å². The Morgan fingerprint density at radius 3 is 1.53 bits per heavy atom. The maximum absolute atomic E-state index is 11.4. The maximum atomic E-state index is 11.4. The molecule has 34 heavy (non-hydrogen) atoms. The van der Waals surface area contributed by atoms with Gasteiger partial charge in [-0.25, -0.2) is 4.98 Å². The van der Waals surface area contributed by atoms with Crippen LogP contribution >= 0.6 is 11.6 Å². The molecular formula is C22H34ClN5O6. The molecule has 0 radical (unpaired) electrons. The predicted molar refractivity (Wildman–Crippen MR) is 126 cm³/mol. The molecule has 0 aromatic carbocycles. The van der Waals surface area contributed by atoms with Gasteiger partial charge in [0.1, 0.15) is 5.15 Å². The number of carboxylic acids is 3. The molecule has 0 saturated carbocycles. The second kappa shape index (κ2) is 14.8. The van der Waals surface area contributed by atoms with Gasteiger partial charge in [0.05, 0.1) is 25.3 Å². The molecule has 0 atom stereocenters. The molecule has 1 aromatic rings. The Hall–Kier alpha value is -2.31. The largest absolute Gasteiger partial charge is 0.480 e. The van der Waals surface area contributed by atoms with Crippen LogP contribution in [-0.2, 0) is 20.9 Å². The van der Waals surface area contributed by atoms with E-state index in [0.717, 1.165) is 5.69 Å². The minimum Gasteiger partial charge on any atom is -0.480 e. The summed E-state index contributed by atoms with van der Waals surface area (Å²) in [6, 6.07) is 5.43. The average Bonchev–Trinajstić information content (AvgIpc) is 2.73. The molecule has 12 heteroatoms. The van der Waals surface area contributed by atoms with Crippen LogP contribution in [0.5, 0.6) is 0 Å². The minimum atomic E-state index is -0.946. The number of halogens is 1. The predicted octanol–water partition coefficient (Wildman–Crippen LogP) is 0.491. The molecule has 0 spiro atoms. The molecule has 2 heterocycles. The molecule has 1 aliphatic rings. The lowest BCUT2D eigenvalue weighted by Gasteiger charge is -2.30. The summed E-state index contributed by atoms with van der Waals surface area (Å²) < 4.78 is 0. The molecule has 190 valence electrons. The van der Waals surface area contributed by atoms with Crippen LogP contribution in [0, 0.1) is 0 Å². The summed E-state index contributed by atoms with van der Waals surface area (Å²) in [5, 5.41) is 28.2. The van der Waals surface area contributed by atoms with Gasteiger partial charge in [0.15, 0.2) is 0 Å². The van der Waals surface area contributed by atoms with E-state index < -0.39 is 17.9 Å². The summed E-state index contributed by atoms with van der Waals surface area (Å²) in [6.07, 6.45) is 1.31. The number of hydrogen-bond acceptors (Lipinski definition) is 8. The van der Waals surface area contributed by atoms with E-state index in [2.05, 4.69) is 9.88 Å². The maximum Gasteiger partial charge on any atom is 0.317 e. The Morgan fingerprint density at radius 1 is 0.706 bits per heavy atom. The number of aromatic nitrogens is 1. The van der Waals surface area contributed by atoms with Crippen molar-refractivity contribution in [2.75, 3.05) is 72.0 Å². The van der Waals surface area contributed by atoms with Gasteiger partial charge in [-0.05, 0) is 31.5 Å². The summed E-state index contributed by atoms with van der Waals surface area (Å²) in [5.74, 6) is -2.77. The zero-order valence-electron chi connectivity index (χ0n) is 19.3. The second-order valence-corrected chi connectivity index (χ2v) is 8.83. The van der Waals surface area contributed by atoms with Gasteiger partial charge in [0.25, 0.3) is 0 Å². The van der Waals surface area contributed by atoms with Crippen LogP contribution in [0.3, 0.4) is 0 Å². The smallest absolute Gasteiger partial charge is 0.317 e. The highest BCUT2D eigenvalue weighted by Gasteiger charge is 2.18. The van der Waals surface area contributed by atoms with Crippen molar-refractivity contribution in [3.8, 4) is 0 Å².